The third kappa shape index (κ3) is 6.93. The summed E-state index contributed by atoms with van der Waals surface area (Å²) in [5.41, 5.74) is 24.5. The van der Waals surface area contributed by atoms with Crippen LogP contribution in [0.4, 0.5) is 17.1 Å². The molecular formula is C74H51N. The molecule has 75 heavy (non-hydrogen) atoms. The highest BCUT2D eigenvalue weighted by atomic mass is 15.1. The third-order valence-corrected chi connectivity index (χ3v) is 16.0. The molecule has 12 aromatic rings. The second-order valence-corrected chi connectivity index (χ2v) is 19.9. The summed E-state index contributed by atoms with van der Waals surface area (Å²) in [6.45, 7) is 0. The monoisotopic (exact) mass is 953 g/mol. The second-order valence-electron chi connectivity index (χ2n) is 19.9. The van der Waals surface area contributed by atoms with Crippen LogP contribution in [0.3, 0.4) is 0 Å². The predicted molar refractivity (Wildman–Crippen MR) is 312 cm³/mol. The van der Waals surface area contributed by atoms with Crippen molar-refractivity contribution in [2.75, 3.05) is 4.90 Å². The van der Waals surface area contributed by atoms with Crippen LogP contribution < -0.4 is 4.90 Å². The lowest BCUT2D eigenvalue weighted by Gasteiger charge is -2.34. The van der Waals surface area contributed by atoms with E-state index in [1.165, 1.54) is 72.3 Å². The van der Waals surface area contributed by atoms with Gasteiger partial charge in [0.2, 0.25) is 0 Å². The molecule has 0 aromatic heterocycles. The maximum atomic E-state index is 2.51. The normalized spacial score (nSPS) is 13.3. The summed E-state index contributed by atoms with van der Waals surface area (Å²) in [6.07, 6.45) is 0. The second kappa shape index (κ2) is 18.2. The van der Waals surface area contributed by atoms with Gasteiger partial charge in [0.25, 0.3) is 0 Å². The third-order valence-electron chi connectivity index (χ3n) is 16.0. The van der Waals surface area contributed by atoms with E-state index in [1.54, 1.807) is 0 Å². The molecule has 352 valence electrons. The summed E-state index contributed by atoms with van der Waals surface area (Å²) in [5, 5.41) is 0. The standard InChI is InChI=1S/C74H51N/c1-7-24-53(25-8-1)62-38-23-39-63(54-26-9-2-10-27-54)72(62)75(61-47-49-70-67(51-61)65-37-20-22-41-69(65)73(70,56-28-11-3-12-29-56)57-30-13-4-14-31-57)60-45-42-52(43-46-60)55-44-48-66-64-36-19-21-40-68(64)74(71(66)50-55,58-32-15-5-16-33-58)59-34-17-6-18-35-59/h1-51H. The van der Waals surface area contributed by atoms with Crippen LogP contribution in [0.25, 0.3) is 55.6 Å². The summed E-state index contributed by atoms with van der Waals surface area (Å²) in [4.78, 5) is 2.51. The SMILES string of the molecule is c1ccc(-c2cccc(-c3ccccc3)c2N(c2ccc(-c3ccc4c(c3)C(c3ccccc3)(c3ccccc3)c3ccccc3-4)cc2)c2ccc3c(c2)-c2ccccc2C3(c2ccccc2)c2ccccc2)cc1. The largest absolute Gasteiger partial charge is 0.309 e. The Morgan fingerprint density at radius 1 is 0.200 bits per heavy atom. The maximum Gasteiger partial charge on any atom is 0.0713 e. The quantitative estimate of drug-likeness (QED) is 0.132. The van der Waals surface area contributed by atoms with Crippen LogP contribution >= 0.6 is 0 Å². The van der Waals surface area contributed by atoms with Crippen molar-refractivity contribution in [3.8, 4) is 55.6 Å². The summed E-state index contributed by atoms with van der Waals surface area (Å²) < 4.78 is 0. The van der Waals surface area contributed by atoms with Gasteiger partial charge in [-0.2, -0.15) is 0 Å². The van der Waals surface area contributed by atoms with E-state index in [-0.39, 0.29) is 0 Å². The van der Waals surface area contributed by atoms with E-state index in [4.69, 9.17) is 0 Å². The molecular weight excluding hydrogens is 903 g/mol. The highest BCUT2D eigenvalue weighted by molar-refractivity contribution is 5.99. The maximum absolute atomic E-state index is 2.51. The van der Waals surface area contributed by atoms with E-state index >= 15 is 0 Å². The summed E-state index contributed by atoms with van der Waals surface area (Å²) in [6, 6.07) is 114. The molecule has 0 heterocycles. The van der Waals surface area contributed by atoms with Crippen LogP contribution in [0.15, 0.2) is 309 Å². The molecule has 0 N–H and O–H groups in total. The van der Waals surface area contributed by atoms with Gasteiger partial charge >= 0.3 is 0 Å². The van der Waals surface area contributed by atoms with Gasteiger partial charge in [-0.3, -0.25) is 0 Å². The minimum Gasteiger partial charge on any atom is -0.309 e. The Bertz CT molecular complexity index is 3880. The van der Waals surface area contributed by atoms with Gasteiger partial charge in [-0.25, -0.2) is 0 Å². The molecule has 0 saturated carbocycles. The average Bonchev–Trinajstić information content (AvgIpc) is 4.00. The molecule has 0 fully saturated rings. The van der Waals surface area contributed by atoms with Crippen molar-refractivity contribution in [1.29, 1.82) is 0 Å². The number of benzene rings is 12. The first-order chi connectivity index (χ1) is 37.2. The van der Waals surface area contributed by atoms with Gasteiger partial charge in [-0.1, -0.05) is 279 Å². The van der Waals surface area contributed by atoms with Crippen molar-refractivity contribution < 1.29 is 0 Å². The molecule has 0 bridgehead atoms. The fraction of sp³-hybridized carbons (Fsp3) is 0.0270. The molecule has 0 atom stereocenters. The molecule has 0 unspecified atom stereocenters. The van der Waals surface area contributed by atoms with E-state index in [2.05, 4.69) is 314 Å². The van der Waals surface area contributed by atoms with E-state index in [0.29, 0.717) is 0 Å². The molecule has 0 amide bonds. The van der Waals surface area contributed by atoms with Crippen molar-refractivity contribution >= 4 is 17.1 Å². The molecule has 0 spiro atoms. The Balaban J connectivity index is 0.984. The Hall–Kier alpha value is -9.56. The van der Waals surface area contributed by atoms with Crippen LogP contribution in [0.1, 0.15) is 44.5 Å². The number of para-hydroxylation sites is 1. The van der Waals surface area contributed by atoms with Gasteiger partial charge < -0.3 is 4.90 Å². The van der Waals surface area contributed by atoms with Crippen molar-refractivity contribution in [2.24, 2.45) is 0 Å². The number of fused-ring (bicyclic) bond motifs is 6. The molecule has 0 radical (unpaired) electrons. The highest BCUT2D eigenvalue weighted by Crippen LogP contribution is 2.59. The summed E-state index contributed by atoms with van der Waals surface area (Å²) in [5.74, 6) is 0. The van der Waals surface area contributed by atoms with E-state index < -0.39 is 10.8 Å². The molecule has 1 heteroatoms. The molecule has 1 nitrogen and oxygen atoms in total. The van der Waals surface area contributed by atoms with Crippen LogP contribution in [0.2, 0.25) is 0 Å². The fourth-order valence-corrected chi connectivity index (χ4v) is 12.9. The van der Waals surface area contributed by atoms with Gasteiger partial charge in [-0.15, -0.1) is 0 Å². The van der Waals surface area contributed by atoms with E-state index in [0.717, 1.165) is 44.9 Å². The Labute approximate surface area is 440 Å². The number of anilines is 3. The van der Waals surface area contributed by atoms with Crippen molar-refractivity contribution in [3.63, 3.8) is 0 Å². The number of hydrogen-bond donors (Lipinski definition) is 0. The lowest BCUT2D eigenvalue weighted by molar-refractivity contribution is 0.768. The minimum absolute atomic E-state index is 0.485. The zero-order valence-corrected chi connectivity index (χ0v) is 41.4. The Morgan fingerprint density at radius 2 is 0.560 bits per heavy atom. The molecule has 0 aliphatic heterocycles. The molecule has 14 rings (SSSR count). The highest BCUT2D eigenvalue weighted by Gasteiger charge is 2.47. The molecule has 2 aliphatic carbocycles. The fourth-order valence-electron chi connectivity index (χ4n) is 12.9. The smallest absolute Gasteiger partial charge is 0.0713 e. The van der Waals surface area contributed by atoms with Gasteiger partial charge in [0.05, 0.1) is 16.5 Å². The van der Waals surface area contributed by atoms with E-state index in [9.17, 15) is 0 Å². The first kappa shape index (κ1) is 44.2. The van der Waals surface area contributed by atoms with Crippen LogP contribution in [0.5, 0.6) is 0 Å². The summed E-state index contributed by atoms with van der Waals surface area (Å²) in [7, 11) is 0. The average molecular weight is 954 g/mol. The zero-order chi connectivity index (χ0) is 49.8. The Kier molecular flexibility index (Phi) is 10.7. The van der Waals surface area contributed by atoms with Crippen LogP contribution in [-0.2, 0) is 10.8 Å². The number of rotatable bonds is 10. The Morgan fingerprint density at radius 3 is 1.05 bits per heavy atom. The van der Waals surface area contributed by atoms with Crippen molar-refractivity contribution in [1.82, 2.24) is 0 Å². The van der Waals surface area contributed by atoms with Crippen molar-refractivity contribution in [2.45, 2.75) is 10.8 Å². The minimum atomic E-state index is -0.508. The van der Waals surface area contributed by atoms with Gasteiger partial charge in [0.1, 0.15) is 0 Å². The molecule has 2 aliphatic rings. The van der Waals surface area contributed by atoms with Gasteiger partial charge in [0, 0.05) is 22.5 Å². The van der Waals surface area contributed by atoms with Crippen LogP contribution in [0, 0.1) is 0 Å². The van der Waals surface area contributed by atoms with Crippen molar-refractivity contribution in [3.05, 3.63) is 354 Å². The van der Waals surface area contributed by atoms with Gasteiger partial charge in [0.15, 0.2) is 0 Å². The predicted octanol–water partition coefficient (Wildman–Crippen LogP) is 18.9. The first-order valence-electron chi connectivity index (χ1n) is 26.1. The van der Waals surface area contributed by atoms with Crippen LogP contribution in [-0.4, -0.2) is 0 Å². The molecule has 0 saturated heterocycles. The number of nitrogens with zero attached hydrogens (tertiary/aromatic N) is 1. The molecule has 12 aromatic carbocycles. The lowest BCUT2D eigenvalue weighted by atomic mass is 9.67. The van der Waals surface area contributed by atoms with Gasteiger partial charge in [-0.05, 0) is 119 Å². The van der Waals surface area contributed by atoms with E-state index in [1.807, 2.05) is 0 Å². The summed E-state index contributed by atoms with van der Waals surface area (Å²) >= 11 is 0. The zero-order valence-electron chi connectivity index (χ0n) is 41.4. The number of hydrogen-bond acceptors (Lipinski definition) is 1. The topological polar surface area (TPSA) is 3.24 Å². The first-order valence-corrected chi connectivity index (χ1v) is 26.1. The lowest BCUT2D eigenvalue weighted by Crippen LogP contribution is -2.28.